The van der Waals surface area contributed by atoms with Crippen LogP contribution in [-0.2, 0) is 16.0 Å². The summed E-state index contributed by atoms with van der Waals surface area (Å²) in [5.74, 6) is 0.797. The molecule has 0 spiro atoms. The average molecular weight is 480 g/mol. The molecule has 1 saturated heterocycles. The highest BCUT2D eigenvalue weighted by Crippen LogP contribution is 2.35. The van der Waals surface area contributed by atoms with Crippen LogP contribution in [0, 0.1) is 0 Å². The number of hydrogen-bond donors (Lipinski definition) is 0. The van der Waals surface area contributed by atoms with E-state index >= 15 is 0 Å². The first-order chi connectivity index (χ1) is 15.1. The zero-order valence-corrected chi connectivity index (χ0v) is 19.9. The molecule has 31 heavy (non-hydrogen) atoms. The number of carbonyl (C=O) groups excluding carboxylic acids is 1. The number of carbonyl (C=O) groups is 1. The Morgan fingerprint density at radius 2 is 2.10 bits per heavy atom. The minimum Gasteiger partial charge on any atom is -0.492 e. The van der Waals surface area contributed by atoms with Crippen LogP contribution in [0.1, 0.15) is 18.2 Å². The number of amides is 1. The molecule has 1 fully saturated rings. The fourth-order valence-electron chi connectivity index (χ4n) is 3.59. The summed E-state index contributed by atoms with van der Waals surface area (Å²) in [6.45, 7) is 7.54. The van der Waals surface area contributed by atoms with Crippen LogP contribution in [0.5, 0.6) is 5.75 Å². The van der Waals surface area contributed by atoms with Gasteiger partial charge in [0.05, 0.1) is 35.3 Å². The number of thiophene rings is 1. The Labute approximate surface area is 195 Å². The van der Waals surface area contributed by atoms with Crippen LogP contribution in [0.25, 0.3) is 10.2 Å². The molecule has 9 heteroatoms. The maximum atomic E-state index is 13.3. The van der Waals surface area contributed by atoms with E-state index in [0.717, 1.165) is 65.2 Å². The van der Waals surface area contributed by atoms with E-state index in [2.05, 4.69) is 4.90 Å². The van der Waals surface area contributed by atoms with Gasteiger partial charge in [-0.05, 0) is 37.6 Å². The van der Waals surface area contributed by atoms with Gasteiger partial charge in [-0.1, -0.05) is 29.0 Å². The number of anilines is 1. The fourth-order valence-corrected chi connectivity index (χ4v) is 5.70. The van der Waals surface area contributed by atoms with Crippen LogP contribution >= 0.6 is 34.3 Å². The van der Waals surface area contributed by atoms with Crippen molar-refractivity contribution in [1.29, 1.82) is 0 Å². The molecule has 0 saturated carbocycles. The summed E-state index contributed by atoms with van der Waals surface area (Å²) in [5, 5.41) is 0.719. The van der Waals surface area contributed by atoms with Crippen LogP contribution in [0.4, 0.5) is 5.13 Å². The molecule has 166 valence electrons. The number of benzene rings is 1. The smallest absolute Gasteiger partial charge is 0.234 e. The first-order valence-corrected chi connectivity index (χ1v) is 12.5. The molecule has 0 aliphatic carbocycles. The minimum atomic E-state index is 0.0394. The molecule has 4 rings (SSSR count). The number of rotatable bonds is 9. The summed E-state index contributed by atoms with van der Waals surface area (Å²) in [6.07, 6.45) is 1.20. The lowest BCUT2D eigenvalue weighted by Crippen LogP contribution is -2.39. The number of halogens is 1. The Morgan fingerprint density at radius 3 is 2.84 bits per heavy atom. The number of nitrogens with zero attached hydrogens (tertiary/aromatic N) is 3. The zero-order valence-electron chi connectivity index (χ0n) is 17.5. The Kier molecular flexibility index (Phi) is 7.79. The van der Waals surface area contributed by atoms with Crippen molar-refractivity contribution in [3.63, 3.8) is 0 Å². The quantitative estimate of drug-likeness (QED) is 0.445. The summed E-state index contributed by atoms with van der Waals surface area (Å²) in [7, 11) is 0. The lowest BCUT2D eigenvalue weighted by molar-refractivity contribution is -0.118. The van der Waals surface area contributed by atoms with Gasteiger partial charge < -0.3 is 9.47 Å². The van der Waals surface area contributed by atoms with E-state index in [-0.39, 0.29) is 5.91 Å². The summed E-state index contributed by atoms with van der Waals surface area (Å²) < 4.78 is 12.9. The van der Waals surface area contributed by atoms with Crippen LogP contribution in [0.3, 0.4) is 0 Å². The van der Waals surface area contributed by atoms with Crippen molar-refractivity contribution >= 4 is 55.5 Å². The average Bonchev–Trinajstić information content (AvgIpc) is 3.38. The molecule has 0 radical (unpaired) electrons. The second kappa shape index (κ2) is 10.7. The van der Waals surface area contributed by atoms with Gasteiger partial charge >= 0.3 is 0 Å². The van der Waals surface area contributed by atoms with Crippen LogP contribution in [-0.4, -0.2) is 61.8 Å². The molecule has 1 aromatic carbocycles. The van der Waals surface area contributed by atoms with Crippen LogP contribution < -0.4 is 9.64 Å². The summed E-state index contributed by atoms with van der Waals surface area (Å²) >= 11 is 9.05. The monoisotopic (exact) mass is 479 g/mol. The molecule has 3 heterocycles. The fraction of sp³-hybridized carbons (Fsp3) is 0.455. The van der Waals surface area contributed by atoms with Crippen molar-refractivity contribution < 1.29 is 14.3 Å². The lowest BCUT2D eigenvalue weighted by Gasteiger charge is -2.27. The maximum absolute atomic E-state index is 13.3. The third kappa shape index (κ3) is 5.75. The van der Waals surface area contributed by atoms with Crippen molar-refractivity contribution in [1.82, 2.24) is 9.88 Å². The Hall–Kier alpha value is -1.71. The minimum absolute atomic E-state index is 0.0394. The van der Waals surface area contributed by atoms with Crippen molar-refractivity contribution in [2.75, 3.05) is 50.9 Å². The van der Waals surface area contributed by atoms with Crippen molar-refractivity contribution in [2.24, 2.45) is 0 Å². The molecule has 1 amide bonds. The van der Waals surface area contributed by atoms with Crippen molar-refractivity contribution in [2.45, 2.75) is 19.8 Å². The summed E-state index contributed by atoms with van der Waals surface area (Å²) in [5.41, 5.74) is 0.814. The topological polar surface area (TPSA) is 54.9 Å². The normalized spacial score (nSPS) is 14.8. The summed E-state index contributed by atoms with van der Waals surface area (Å²) in [6, 6.07) is 9.67. The van der Waals surface area contributed by atoms with Crippen molar-refractivity contribution in [3.8, 4) is 5.75 Å². The van der Waals surface area contributed by atoms with Gasteiger partial charge in [-0.3, -0.25) is 14.6 Å². The third-order valence-electron chi connectivity index (χ3n) is 5.12. The molecule has 6 nitrogen and oxygen atoms in total. The van der Waals surface area contributed by atoms with Gasteiger partial charge in [0, 0.05) is 31.1 Å². The Bertz CT molecular complexity index is 1020. The van der Waals surface area contributed by atoms with Gasteiger partial charge in [-0.25, -0.2) is 4.98 Å². The van der Waals surface area contributed by atoms with Gasteiger partial charge in [0.1, 0.15) is 11.3 Å². The number of thiazole rings is 1. The van der Waals surface area contributed by atoms with Crippen molar-refractivity contribution in [3.05, 3.63) is 39.5 Å². The largest absolute Gasteiger partial charge is 0.492 e. The van der Waals surface area contributed by atoms with E-state index in [0.29, 0.717) is 23.9 Å². The van der Waals surface area contributed by atoms with Gasteiger partial charge in [0.15, 0.2) is 5.13 Å². The molecule has 1 aliphatic heterocycles. The molecule has 1 aliphatic rings. The molecule has 0 bridgehead atoms. The first kappa shape index (κ1) is 22.5. The predicted molar refractivity (Wildman–Crippen MR) is 128 cm³/mol. The number of ether oxygens (including phenoxy) is 2. The number of hydrogen-bond acceptors (Lipinski definition) is 7. The van der Waals surface area contributed by atoms with Gasteiger partial charge in [0.2, 0.25) is 5.91 Å². The lowest BCUT2D eigenvalue weighted by atomic mass is 10.3. The van der Waals surface area contributed by atoms with E-state index in [1.165, 1.54) is 22.7 Å². The maximum Gasteiger partial charge on any atom is 0.234 e. The number of fused-ring (bicyclic) bond motifs is 1. The number of aromatic nitrogens is 1. The number of para-hydroxylation sites is 1. The molecule has 0 unspecified atom stereocenters. The highest BCUT2D eigenvalue weighted by atomic mass is 35.5. The molecule has 0 atom stereocenters. The predicted octanol–water partition coefficient (Wildman–Crippen LogP) is 4.71. The van der Waals surface area contributed by atoms with E-state index in [9.17, 15) is 4.79 Å². The second-order valence-corrected chi connectivity index (χ2v) is 10.1. The van der Waals surface area contributed by atoms with E-state index in [4.69, 9.17) is 26.1 Å². The van der Waals surface area contributed by atoms with Gasteiger partial charge in [-0.15, -0.1) is 11.3 Å². The van der Waals surface area contributed by atoms with E-state index in [1.807, 2.05) is 42.2 Å². The molecule has 3 aromatic rings. The Balaban J connectivity index is 1.54. The standard InChI is InChI=1S/C22H26ClN3O3S2/c1-2-29-17-5-3-6-18-21(17)24-22(31-18)26(10-4-9-25-11-13-28-14-12-25)20(27)15-16-7-8-19(23)30-16/h3,5-8H,2,4,9-15H2,1H3. The molecular formula is C22H26ClN3O3S2. The van der Waals surface area contributed by atoms with Crippen LogP contribution in [0.15, 0.2) is 30.3 Å². The van der Waals surface area contributed by atoms with E-state index in [1.54, 1.807) is 0 Å². The zero-order chi connectivity index (χ0) is 21.6. The van der Waals surface area contributed by atoms with Gasteiger partial charge in [-0.2, -0.15) is 0 Å². The Morgan fingerprint density at radius 1 is 1.26 bits per heavy atom. The SMILES string of the molecule is CCOc1cccc2sc(N(CCCN3CCOCC3)C(=O)Cc3ccc(Cl)s3)nc12. The third-order valence-corrected chi connectivity index (χ3v) is 7.39. The molecule has 0 N–H and O–H groups in total. The highest BCUT2D eigenvalue weighted by Gasteiger charge is 2.22. The van der Waals surface area contributed by atoms with Crippen LogP contribution in [0.2, 0.25) is 4.34 Å². The second-order valence-electron chi connectivity index (χ2n) is 7.27. The number of morpholine rings is 1. The van der Waals surface area contributed by atoms with E-state index < -0.39 is 0 Å². The summed E-state index contributed by atoms with van der Waals surface area (Å²) in [4.78, 5) is 23.3. The van der Waals surface area contributed by atoms with Gasteiger partial charge in [0.25, 0.3) is 0 Å². The first-order valence-electron chi connectivity index (χ1n) is 10.5. The molecule has 2 aromatic heterocycles. The highest BCUT2D eigenvalue weighted by molar-refractivity contribution is 7.22. The molecular weight excluding hydrogens is 454 g/mol.